The van der Waals surface area contributed by atoms with E-state index in [1.165, 1.54) is 12.1 Å². The zero-order valence-corrected chi connectivity index (χ0v) is 19.2. The topological polar surface area (TPSA) is 123 Å². The second-order valence-corrected chi connectivity index (χ2v) is 8.67. The first-order valence-corrected chi connectivity index (χ1v) is 11.3. The molecule has 0 unspecified atom stereocenters. The summed E-state index contributed by atoms with van der Waals surface area (Å²) in [5.41, 5.74) is 10.0. The number of amides is 2. The number of carbonyl (C=O) groups is 2. The van der Waals surface area contributed by atoms with Gasteiger partial charge in [0.05, 0.1) is 29.7 Å². The lowest BCUT2D eigenvalue weighted by molar-refractivity contribution is -0.119. The second-order valence-electron chi connectivity index (χ2n) is 8.67. The van der Waals surface area contributed by atoms with Crippen molar-refractivity contribution in [2.75, 3.05) is 25.0 Å². The molecule has 1 aromatic carbocycles. The van der Waals surface area contributed by atoms with Crippen LogP contribution in [0.15, 0.2) is 42.6 Å². The lowest BCUT2D eigenvalue weighted by Crippen LogP contribution is -2.39. The van der Waals surface area contributed by atoms with Crippen LogP contribution in [-0.4, -0.2) is 61.2 Å². The molecule has 4 heterocycles. The SMILES string of the molecule is Cn1nc(-c2ccc(F)cc2)c(-c2ccc3nc(NC=O)cn3n2)c1C1CCN(CC(N)=O)CC1. The number of anilines is 1. The van der Waals surface area contributed by atoms with Crippen molar-refractivity contribution in [2.24, 2.45) is 12.8 Å². The van der Waals surface area contributed by atoms with Crippen LogP contribution in [0.2, 0.25) is 0 Å². The molecule has 0 radical (unpaired) electrons. The molecule has 0 bridgehead atoms. The second kappa shape index (κ2) is 9.26. The fraction of sp³-hybridized carbons (Fsp3) is 0.292. The highest BCUT2D eigenvalue weighted by atomic mass is 19.1. The van der Waals surface area contributed by atoms with E-state index < -0.39 is 0 Å². The highest BCUT2D eigenvalue weighted by molar-refractivity contribution is 5.82. The summed E-state index contributed by atoms with van der Waals surface area (Å²) in [5.74, 6) is -0.0592. The van der Waals surface area contributed by atoms with Crippen molar-refractivity contribution < 1.29 is 14.0 Å². The number of rotatable bonds is 7. The third-order valence-electron chi connectivity index (χ3n) is 6.35. The van der Waals surface area contributed by atoms with Gasteiger partial charge in [-0.15, -0.1) is 0 Å². The van der Waals surface area contributed by atoms with Crippen LogP contribution in [-0.2, 0) is 16.6 Å². The number of nitrogens with zero attached hydrogens (tertiary/aromatic N) is 6. The molecule has 5 rings (SSSR count). The largest absolute Gasteiger partial charge is 0.369 e. The normalized spacial score (nSPS) is 14.9. The van der Waals surface area contributed by atoms with Crippen molar-refractivity contribution in [2.45, 2.75) is 18.8 Å². The fourth-order valence-electron chi connectivity index (χ4n) is 4.80. The molecule has 0 spiro atoms. The van der Waals surface area contributed by atoms with Crippen molar-refractivity contribution in [3.63, 3.8) is 0 Å². The summed E-state index contributed by atoms with van der Waals surface area (Å²) in [4.78, 5) is 28.6. The Balaban J connectivity index is 1.60. The molecule has 1 fully saturated rings. The average molecular weight is 477 g/mol. The van der Waals surface area contributed by atoms with E-state index in [0.717, 1.165) is 42.8 Å². The smallest absolute Gasteiger partial charge is 0.231 e. The average Bonchev–Trinajstić information content (AvgIpc) is 3.39. The minimum Gasteiger partial charge on any atom is -0.369 e. The van der Waals surface area contributed by atoms with Crippen molar-refractivity contribution >= 4 is 23.8 Å². The third kappa shape index (κ3) is 4.50. The van der Waals surface area contributed by atoms with Gasteiger partial charge in [-0.3, -0.25) is 19.2 Å². The minimum atomic E-state index is -0.329. The van der Waals surface area contributed by atoms with E-state index in [2.05, 4.69) is 15.2 Å². The summed E-state index contributed by atoms with van der Waals surface area (Å²) in [7, 11) is 1.91. The molecule has 0 saturated carbocycles. The van der Waals surface area contributed by atoms with Gasteiger partial charge in [0, 0.05) is 18.5 Å². The van der Waals surface area contributed by atoms with Gasteiger partial charge < -0.3 is 11.1 Å². The van der Waals surface area contributed by atoms with E-state index in [0.29, 0.717) is 29.3 Å². The van der Waals surface area contributed by atoms with E-state index >= 15 is 0 Å². The molecule has 1 aliphatic rings. The first-order valence-electron chi connectivity index (χ1n) is 11.3. The van der Waals surface area contributed by atoms with Gasteiger partial charge >= 0.3 is 0 Å². The number of carbonyl (C=O) groups excluding carboxylic acids is 2. The number of likely N-dealkylation sites (tertiary alicyclic amines) is 1. The first kappa shape index (κ1) is 22.7. The molecule has 11 heteroatoms. The standard InChI is InChI=1S/C24H25FN8O2/c1-31-24(16-8-10-32(11-9-16)12-19(26)35)22(23(30-31)15-2-4-17(25)5-3-15)18-6-7-21-28-20(27-14-34)13-33(21)29-18/h2-7,13-14,16H,8-12H2,1H3,(H2,26,35)(H,27,34). The van der Waals surface area contributed by atoms with Crippen molar-refractivity contribution in [1.82, 2.24) is 29.3 Å². The Hall–Kier alpha value is -4.12. The van der Waals surface area contributed by atoms with E-state index in [1.54, 1.807) is 22.8 Å². The number of hydrogen-bond acceptors (Lipinski definition) is 6. The molecule has 4 aromatic rings. The lowest BCUT2D eigenvalue weighted by Gasteiger charge is -2.31. The summed E-state index contributed by atoms with van der Waals surface area (Å²) in [6, 6.07) is 9.96. The van der Waals surface area contributed by atoms with Crippen LogP contribution in [0.1, 0.15) is 24.5 Å². The number of benzene rings is 1. The number of hydrogen-bond donors (Lipinski definition) is 2. The predicted molar refractivity (Wildman–Crippen MR) is 128 cm³/mol. The molecule has 0 atom stereocenters. The van der Waals surface area contributed by atoms with E-state index in [4.69, 9.17) is 15.9 Å². The maximum atomic E-state index is 13.7. The Labute approximate surface area is 200 Å². The third-order valence-corrected chi connectivity index (χ3v) is 6.35. The van der Waals surface area contributed by atoms with Crippen molar-refractivity contribution in [3.05, 3.63) is 54.1 Å². The number of nitrogens with two attached hydrogens (primary N) is 1. The molecule has 10 nitrogen and oxygen atoms in total. The Morgan fingerprint density at radius 3 is 2.60 bits per heavy atom. The number of primary amides is 1. The molecule has 3 aromatic heterocycles. The fourth-order valence-corrected chi connectivity index (χ4v) is 4.80. The molecular weight excluding hydrogens is 451 g/mol. The van der Waals surface area contributed by atoms with Gasteiger partial charge in [-0.2, -0.15) is 10.2 Å². The van der Waals surface area contributed by atoms with Crippen LogP contribution >= 0.6 is 0 Å². The molecular formula is C24H25FN8O2. The summed E-state index contributed by atoms with van der Waals surface area (Å²) in [6.07, 6.45) is 3.88. The van der Waals surface area contributed by atoms with Crippen LogP contribution in [0.4, 0.5) is 10.2 Å². The molecule has 1 saturated heterocycles. The Morgan fingerprint density at radius 1 is 1.17 bits per heavy atom. The van der Waals surface area contributed by atoms with Crippen LogP contribution in [0.5, 0.6) is 0 Å². The Morgan fingerprint density at radius 2 is 1.91 bits per heavy atom. The summed E-state index contributed by atoms with van der Waals surface area (Å²) >= 11 is 0. The van der Waals surface area contributed by atoms with Gasteiger partial charge in [0.1, 0.15) is 11.5 Å². The van der Waals surface area contributed by atoms with E-state index in [-0.39, 0.29) is 24.2 Å². The molecule has 180 valence electrons. The molecule has 0 aliphatic carbocycles. The zero-order valence-electron chi connectivity index (χ0n) is 19.2. The minimum absolute atomic E-state index is 0.188. The van der Waals surface area contributed by atoms with Crippen LogP contribution in [0.3, 0.4) is 0 Å². The van der Waals surface area contributed by atoms with Crippen molar-refractivity contribution in [3.8, 4) is 22.5 Å². The summed E-state index contributed by atoms with van der Waals surface area (Å²) in [5, 5.41) is 12.1. The van der Waals surface area contributed by atoms with Gasteiger partial charge in [-0.05, 0) is 62.3 Å². The van der Waals surface area contributed by atoms with Gasteiger partial charge in [0.15, 0.2) is 11.5 Å². The summed E-state index contributed by atoms with van der Waals surface area (Å²) < 4.78 is 17.1. The number of fused-ring (bicyclic) bond motifs is 1. The maximum absolute atomic E-state index is 13.7. The van der Waals surface area contributed by atoms with Crippen molar-refractivity contribution in [1.29, 1.82) is 0 Å². The van der Waals surface area contributed by atoms with Gasteiger partial charge in [-0.1, -0.05) is 0 Å². The first-order chi connectivity index (χ1) is 16.9. The van der Waals surface area contributed by atoms with Crippen LogP contribution in [0, 0.1) is 5.82 Å². The van der Waals surface area contributed by atoms with Gasteiger partial charge in [-0.25, -0.2) is 13.9 Å². The van der Waals surface area contributed by atoms with E-state index in [1.807, 2.05) is 23.9 Å². The molecule has 1 aliphatic heterocycles. The van der Waals surface area contributed by atoms with Crippen LogP contribution in [0.25, 0.3) is 28.2 Å². The number of imidazole rings is 1. The Kier molecular flexibility index (Phi) is 6.00. The lowest BCUT2D eigenvalue weighted by atomic mass is 9.88. The van der Waals surface area contributed by atoms with Crippen LogP contribution < -0.4 is 11.1 Å². The van der Waals surface area contributed by atoms with Gasteiger partial charge in [0.25, 0.3) is 0 Å². The molecule has 35 heavy (non-hydrogen) atoms. The number of aryl methyl sites for hydroxylation is 1. The number of piperidine rings is 1. The van der Waals surface area contributed by atoms with Gasteiger partial charge in [0.2, 0.25) is 12.3 Å². The molecule has 2 amide bonds. The zero-order chi connectivity index (χ0) is 24.5. The number of halogens is 1. The highest BCUT2D eigenvalue weighted by Gasteiger charge is 2.30. The maximum Gasteiger partial charge on any atom is 0.231 e. The summed E-state index contributed by atoms with van der Waals surface area (Å²) in [6.45, 7) is 1.75. The quantitative estimate of drug-likeness (QED) is 0.394. The highest BCUT2D eigenvalue weighted by Crippen LogP contribution is 2.40. The Bertz CT molecular complexity index is 1390. The molecule has 3 N–H and O–H groups in total. The monoisotopic (exact) mass is 476 g/mol. The number of aromatic nitrogens is 5. The predicted octanol–water partition coefficient (Wildman–Crippen LogP) is 2.17. The number of nitrogens with one attached hydrogen (secondary N) is 1. The van der Waals surface area contributed by atoms with E-state index in [9.17, 15) is 14.0 Å².